The zero-order valence-electron chi connectivity index (χ0n) is 19.5. The van der Waals surface area contributed by atoms with Gasteiger partial charge in [-0.3, -0.25) is 4.79 Å². The van der Waals surface area contributed by atoms with Gasteiger partial charge in [0.25, 0.3) is 0 Å². The highest BCUT2D eigenvalue weighted by atomic mass is 16.4. The molecule has 0 fully saturated rings. The van der Waals surface area contributed by atoms with E-state index >= 15 is 0 Å². The minimum absolute atomic E-state index is 0.343. The third-order valence-electron chi connectivity index (χ3n) is 5.26. The second kappa shape index (κ2) is 28.4. The number of unbranched alkanes of at least 4 members (excludes halogenated alkanes) is 18. The van der Waals surface area contributed by atoms with Crippen molar-refractivity contribution in [2.24, 2.45) is 0 Å². The smallest absolute Gasteiger partial charge is 0.303 e. The Bertz CT molecular complexity index is 299. The summed E-state index contributed by atoms with van der Waals surface area (Å²) in [6.45, 7) is 8.24. The van der Waals surface area contributed by atoms with E-state index in [-0.39, 0.29) is 0 Å². The van der Waals surface area contributed by atoms with Crippen LogP contribution in [-0.2, 0) is 4.79 Å². The summed E-state index contributed by atoms with van der Waals surface area (Å²) >= 11 is 0. The predicted molar refractivity (Wildman–Crippen MR) is 126 cm³/mol. The molecule has 28 heavy (non-hydrogen) atoms. The van der Waals surface area contributed by atoms with Gasteiger partial charge in [-0.1, -0.05) is 129 Å². The number of rotatable bonds is 21. The summed E-state index contributed by atoms with van der Waals surface area (Å²) in [5, 5.41) is 8.41. The molecule has 2 nitrogen and oxygen atoms in total. The van der Waals surface area contributed by atoms with Crippen LogP contribution >= 0.6 is 0 Å². The van der Waals surface area contributed by atoms with Crippen molar-refractivity contribution in [3.05, 3.63) is 12.7 Å². The number of carboxylic acid groups (broad SMARTS) is 1. The van der Waals surface area contributed by atoms with E-state index in [0.717, 1.165) is 12.8 Å². The molecule has 0 amide bonds. The summed E-state index contributed by atoms with van der Waals surface area (Å²) in [5.41, 5.74) is 0. The van der Waals surface area contributed by atoms with E-state index in [1.807, 2.05) is 6.08 Å². The molecule has 0 aliphatic heterocycles. The Morgan fingerprint density at radius 3 is 1.25 bits per heavy atom. The third kappa shape index (κ3) is 32.8. The zero-order chi connectivity index (χ0) is 21.1. The molecular formula is C26H52O2. The van der Waals surface area contributed by atoms with Crippen molar-refractivity contribution < 1.29 is 9.90 Å². The van der Waals surface area contributed by atoms with Crippen molar-refractivity contribution in [3.8, 4) is 0 Å². The second-order valence-corrected chi connectivity index (χ2v) is 8.23. The predicted octanol–water partition coefficient (Wildman–Crippen LogP) is 9.48. The van der Waals surface area contributed by atoms with E-state index in [9.17, 15) is 4.79 Å². The van der Waals surface area contributed by atoms with Gasteiger partial charge < -0.3 is 5.11 Å². The number of carbonyl (C=O) groups is 1. The fourth-order valence-corrected chi connectivity index (χ4v) is 3.36. The Kier molecular flexibility index (Phi) is 29.9. The summed E-state index contributed by atoms with van der Waals surface area (Å²) in [6.07, 6.45) is 29.0. The quantitative estimate of drug-likeness (QED) is 0.155. The number of allylic oxidation sites excluding steroid dienone is 1. The molecule has 0 saturated heterocycles. The largest absolute Gasteiger partial charge is 0.481 e. The Balaban J connectivity index is 0. The fraction of sp³-hybridized carbons (Fsp3) is 0.885. The number of carboxylic acids is 1. The minimum Gasteiger partial charge on any atom is -0.481 e. The van der Waals surface area contributed by atoms with Crippen LogP contribution in [0.1, 0.15) is 149 Å². The molecule has 0 heterocycles. The van der Waals surface area contributed by atoms with Crippen molar-refractivity contribution in [3.63, 3.8) is 0 Å². The van der Waals surface area contributed by atoms with Gasteiger partial charge in [-0.05, 0) is 19.3 Å². The average molecular weight is 397 g/mol. The molecular weight excluding hydrogens is 344 g/mol. The molecule has 0 bridgehead atoms. The lowest BCUT2D eigenvalue weighted by Crippen LogP contribution is -1.93. The summed E-state index contributed by atoms with van der Waals surface area (Å²) < 4.78 is 0. The van der Waals surface area contributed by atoms with Gasteiger partial charge in [-0.15, -0.1) is 6.58 Å². The van der Waals surface area contributed by atoms with E-state index in [0.29, 0.717) is 6.42 Å². The van der Waals surface area contributed by atoms with Crippen molar-refractivity contribution in [2.45, 2.75) is 149 Å². The lowest BCUT2D eigenvalue weighted by atomic mass is 10.1. The highest BCUT2D eigenvalue weighted by Crippen LogP contribution is 2.11. The number of aliphatic carboxylic acids is 1. The average Bonchev–Trinajstić information content (AvgIpc) is 2.68. The van der Waals surface area contributed by atoms with Crippen LogP contribution in [-0.4, -0.2) is 11.1 Å². The van der Waals surface area contributed by atoms with Crippen LogP contribution in [0.25, 0.3) is 0 Å². The van der Waals surface area contributed by atoms with Crippen molar-refractivity contribution in [2.75, 3.05) is 0 Å². The zero-order valence-corrected chi connectivity index (χ0v) is 19.5. The van der Waals surface area contributed by atoms with Gasteiger partial charge in [0.15, 0.2) is 0 Å². The van der Waals surface area contributed by atoms with Crippen LogP contribution in [0.3, 0.4) is 0 Å². The van der Waals surface area contributed by atoms with Crippen LogP contribution in [0.4, 0.5) is 0 Å². The van der Waals surface area contributed by atoms with Crippen LogP contribution in [0.15, 0.2) is 12.7 Å². The molecule has 0 spiro atoms. The first kappa shape index (κ1) is 29.4. The van der Waals surface area contributed by atoms with Crippen LogP contribution in [0.5, 0.6) is 0 Å². The van der Waals surface area contributed by atoms with Crippen LogP contribution in [0.2, 0.25) is 0 Å². The summed E-state index contributed by atoms with van der Waals surface area (Å²) in [4.78, 5) is 10.2. The number of hydrogen-bond acceptors (Lipinski definition) is 1. The molecule has 0 radical (unpaired) electrons. The molecule has 0 aromatic heterocycles. The molecule has 2 heteroatoms. The SMILES string of the molecule is C=CCCCCCCCCCCCC.CCCCCCCCCCCC(=O)O. The lowest BCUT2D eigenvalue weighted by Gasteiger charge is -2.00. The van der Waals surface area contributed by atoms with E-state index in [4.69, 9.17) is 5.11 Å². The van der Waals surface area contributed by atoms with Crippen molar-refractivity contribution in [1.82, 2.24) is 0 Å². The maximum absolute atomic E-state index is 10.2. The Morgan fingerprint density at radius 2 is 0.929 bits per heavy atom. The minimum atomic E-state index is -0.659. The summed E-state index contributed by atoms with van der Waals surface area (Å²) in [7, 11) is 0. The first-order valence-electron chi connectivity index (χ1n) is 12.5. The van der Waals surface area contributed by atoms with Gasteiger partial charge >= 0.3 is 5.97 Å². The number of hydrogen-bond donors (Lipinski definition) is 1. The molecule has 0 saturated carbocycles. The molecule has 0 aromatic carbocycles. The highest BCUT2D eigenvalue weighted by Gasteiger charge is 1.96. The van der Waals surface area contributed by atoms with Gasteiger partial charge in [0.05, 0.1) is 0 Å². The first-order valence-corrected chi connectivity index (χ1v) is 12.5. The van der Waals surface area contributed by atoms with E-state index in [1.54, 1.807) is 0 Å². The Labute approximate surface area is 177 Å². The van der Waals surface area contributed by atoms with Gasteiger partial charge in [0.1, 0.15) is 0 Å². The van der Waals surface area contributed by atoms with Crippen molar-refractivity contribution in [1.29, 1.82) is 0 Å². The van der Waals surface area contributed by atoms with Gasteiger partial charge in [-0.25, -0.2) is 0 Å². The van der Waals surface area contributed by atoms with Gasteiger partial charge in [0.2, 0.25) is 0 Å². The molecule has 1 N–H and O–H groups in total. The lowest BCUT2D eigenvalue weighted by molar-refractivity contribution is -0.137. The van der Waals surface area contributed by atoms with Crippen LogP contribution < -0.4 is 0 Å². The third-order valence-corrected chi connectivity index (χ3v) is 5.26. The van der Waals surface area contributed by atoms with Gasteiger partial charge in [-0.2, -0.15) is 0 Å². The maximum atomic E-state index is 10.2. The molecule has 0 aliphatic rings. The fourth-order valence-electron chi connectivity index (χ4n) is 3.36. The first-order chi connectivity index (χ1) is 13.7. The topological polar surface area (TPSA) is 37.3 Å². The Hall–Kier alpha value is -0.790. The van der Waals surface area contributed by atoms with E-state index in [2.05, 4.69) is 20.4 Å². The summed E-state index contributed by atoms with van der Waals surface area (Å²) in [5.74, 6) is -0.659. The Morgan fingerprint density at radius 1 is 0.607 bits per heavy atom. The van der Waals surface area contributed by atoms with Gasteiger partial charge in [0, 0.05) is 6.42 Å². The summed E-state index contributed by atoms with van der Waals surface area (Å²) in [6, 6.07) is 0. The highest BCUT2D eigenvalue weighted by molar-refractivity contribution is 5.66. The molecule has 0 aromatic rings. The van der Waals surface area contributed by atoms with Crippen molar-refractivity contribution >= 4 is 5.97 Å². The van der Waals surface area contributed by atoms with E-state index < -0.39 is 5.97 Å². The molecule has 0 atom stereocenters. The van der Waals surface area contributed by atoms with Crippen LogP contribution in [0, 0.1) is 0 Å². The molecule has 168 valence electrons. The normalized spacial score (nSPS) is 10.4. The molecule has 0 unspecified atom stereocenters. The van der Waals surface area contributed by atoms with E-state index in [1.165, 1.54) is 116 Å². The maximum Gasteiger partial charge on any atom is 0.303 e. The standard InChI is InChI=1S/C14H28.C12H24O2/c1-3-5-7-9-11-13-14-12-10-8-6-4-2;1-2-3-4-5-6-7-8-9-10-11-12(13)14/h3H,1,4-14H2,2H3;2-11H2,1H3,(H,13,14). The molecule has 0 rings (SSSR count). The second-order valence-electron chi connectivity index (χ2n) is 8.23. The monoisotopic (exact) mass is 396 g/mol. The molecule has 0 aliphatic carbocycles.